The van der Waals surface area contributed by atoms with Gasteiger partial charge in [-0.15, -0.1) is 0 Å². The molecule has 0 atom stereocenters. The van der Waals surface area contributed by atoms with Gasteiger partial charge in [-0.05, 0) is 19.1 Å². The molecule has 0 fully saturated rings. The number of hydrazine groups is 1. The summed E-state index contributed by atoms with van der Waals surface area (Å²) in [6.07, 6.45) is 1.46. The van der Waals surface area contributed by atoms with Crippen LogP contribution >= 0.6 is 0 Å². The van der Waals surface area contributed by atoms with Crippen molar-refractivity contribution in [3.05, 3.63) is 36.4 Å². The van der Waals surface area contributed by atoms with E-state index in [1.807, 2.05) is 18.2 Å². The number of carbonyl (C=O) groups excluding carboxylic acids is 1. The number of para-hydroxylation sites is 2. The van der Waals surface area contributed by atoms with Crippen LogP contribution < -0.4 is 10.9 Å². The number of hydrogen-bond donors (Lipinski definition) is 2. The highest BCUT2D eigenvalue weighted by atomic mass is 16.5. The molecule has 0 aliphatic rings. The van der Waals surface area contributed by atoms with E-state index in [1.165, 1.54) is 6.20 Å². The molecule has 2 aromatic rings. The van der Waals surface area contributed by atoms with E-state index in [-0.39, 0.29) is 18.1 Å². The van der Waals surface area contributed by atoms with Gasteiger partial charge in [0.1, 0.15) is 11.1 Å². The lowest BCUT2D eigenvalue weighted by molar-refractivity contribution is -0.136. The molecule has 1 aromatic heterocycles. The largest absolute Gasteiger partial charge is 0.462 e. The molecule has 1 aromatic carbocycles. The topological polar surface area (TPSA) is 76.4 Å². The van der Waals surface area contributed by atoms with Gasteiger partial charge >= 0.3 is 5.97 Å². The molecule has 0 saturated heterocycles. The van der Waals surface area contributed by atoms with Gasteiger partial charge in [0.25, 0.3) is 0 Å². The molecule has 0 radical (unpaired) electrons. The summed E-state index contributed by atoms with van der Waals surface area (Å²) in [6.45, 7) is 2.03. The van der Waals surface area contributed by atoms with Crippen molar-refractivity contribution in [3.63, 3.8) is 0 Å². The fourth-order valence-electron chi connectivity index (χ4n) is 1.55. The van der Waals surface area contributed by atoms with Gasteiger partial charge in [-0.1, -0.05) is 12.1 Å². The van der Waals surface area contributed by atoms with E-state index >= 15 is 0 Å². The Bertz CT molecular complexity index is 571. The monoisotopic (exact) mass is 261 g/mol. The number of ether oxygens (including phenoxy) is 1. The van der Waals surface area contributed by atoms with Crippen LogP contribution in [0, 0.1) is 0 Å². The van der Waals surface area contributed by atoms with Crippen LogP contribution in [0.25, 0.3) is 16.7 Å². The minimum absolute atomic E-state index is 0.224. The van der Waals surface area contributed by atoms with E-state index in [0.29, 0.717) is 11.1 Å². The molecule has 6 heteroatoms. The third-order valence-electron chi connectivity index (χ3n) is 2.38. The van der Waals surface area contributed by atoms with Gasteiger partial charge in [-0.2, -0.15) is 0 Å². The number of oxazole rings is 1. The first kappa shape index (κ1) is 13.1. The Balaban J connectivity index is 2.39. The summed E-state index contributed by atoms with van der Waals surface area (Å²) < 4.78 is 10.5. The highest BCUT2D eigenvalue weighted by Gasteiger charge is 2.19. The molecule has 0 aliphatic heterocycles. The number of nitrogens with zero attached hydrogens (tertiary/aromatic N) is 1. The Kier molecular flexibility index (Phi) is 4.15. The molecule has 0 saturated carbocycles. The van der Waals surface area contributed by atoms with Crippen LogP contribution in [0.1, 0.15) is 12.8 Å². The Labute approximate surface area is 110 Å². The Morgan fingerprint density at radius 2 is 2.26 bits per heavy atom. The third kappa shape index (κ3) is 2.92. The maximum absolute atomic E-state index is 11.9. The number of carbonyl (C=O) groups is 1. The van der Waals surface area contributed by atoms with Crippen LogP contribution in [0.2, 0.25) is 0 Å². The Morgan fingerprint density at radius 1 is 1.47 bits per heavy atom. The minimum Gasteiger partial charge on any atom is -0.462 e. The van der Waals surface area contributed by atoms with Crippen molar-refractivity contribution in [2.75, 3.05) is 13.7 Å². The van der Waals surface area contributed by atoms with Crippen LogP contribution in [-0.2, 0) is 9.53 Å². The fraction of sp³-hybridized carbons (Fsp3) is 0.231. The van der Waals surface area contributed by atoms with E-state index in [1.54, 1.807) is 20.0 Å². The van der Waals surface area contributed by atoms with Crippen LogP contribution in [-0.4, -0.2) is 24.6 Å². The van der Waals surface area contributed by atoms with Crippen molar-refractivity contribution in [2.45, 2.75) is 6.92 Å². The van der Waals surface area contributed by atoms with E-state index < -0.39 is 5.97 Å². The van der Waals surface area contributed by atoms with E-state index in [0.717, 1.165) is 0 Å². The molecule has 0 aliphatic carbocycles. The molecule has 2 N–H and O–H groups in total. The zero-order valence-electron chi connectivity index (χ0n) is 10.8. The molecule has 1 heterocycles. The minimum atomic E-state index is -0.489. The van der Waals surface area contributed by atoms with Gasteiger partial charge < -0.3 is 14.6 Å². The lowest BCUT2D eigenvalue weighted by Gasteiger charge is -2.04. The molecule has 0 amide bonds. The number of rotatable bonds is 5. The van der Waals surface area contributed by atoms with Crippen molar-refractivity contribution in [3.8, 4) is 0 Å². The average Bonchev–Trinajstić information content (AvgIpc) is 2.83. The first-order valence-corrected chi connectivity index (χ1v) is 5.91. The van der Waals surface area contributed by atoms with Gasteiger partial charge in [0.05, 0.1) is 6.61 Å². The highest BCUT2D eigenvalue weighted by Crippen LogP contribution is 2.21. The molecular weight excluding hydrogens is 246 g/mol. The number of nitrogens with one attached hydrogen (secondary N) is 2. The van der Waals surface area contributed by atoms with Crippen molar-refractivity contribution in [2.24, 2.45) is 0 Å². The molecular formula is C13H15N3O3. The van der Waals surface area contributed by atoms with Gasteiger partial charge in [0.2, 0.25) is 5.89 Å². The van der Waals surface area contributed by atoms with Crippen LogP contribution in [0.3, 0.4) is 0 Å². The second kappa shape index (κ2) is 6.01. The SMILES string of the molecule is CCOC(=O)/C(=C/NNC)c1nc2ccccc2o1. The summed E-state index contributed by atoms with van der Waals surface area (Å²) >= 11 is 0. The number of hydrogen-bond acceptors (Lipinski definition) is 6. The quantitative estimate of drug-likeness (QED) is 0.482. The van der Waals surface area contributed by atoms with Crippen molar-refractivity contribution in [1.29, 1.82) is 0 Å². The van der Waals surface area contributed by atoms with Crippen LogP contribution in [0.15, 0.2) is 34.9 Å². The lowest BCUT2D eigenvalue weighted by atomic mass is 10.3. The highest BCUT2D eigenvalue weighted by molar-refractivity contribution is 6.15. The zero-order valence-corrected chi connectivity index (χ0v) is 10.8. The maximum atomic E-state index is 11.9. The molecule has 0 spiro atoms. The standard InChI is InChI=1S/C13H15N3O3/c1-3-18-13(17)9(8-15-14-2)12-16-10-6-4-5-7-11(10)19-12/h4-8,14-15H,3H2,1-2H3/b9-8+. The summed E-state index contributed by atoms with van der Waals surface area (Å²) in [5.74, 6) is -0.265. The summed E-state index contributed by atoms with van der Waals surface area (Å²) in [4.78, 5) is 16.1. The lowest BCUT2D eigenvalue weighted by Crippen LogP contribution is -2.23. The molecule has 0 unspecified atom stereocenters. The number of benzene rings is 1. The van der Waals surface area contributed by atoms with Crippen molar-refractivity contribution < 1.29 is 13.9 Å². The van der Waals surface area contributed by atoms with E-state index in [2.05, 4.69) is 15.8 Å². The molecule has 19 heavy (non-hydrogen) atoms. The summed E-state index contributed by atoms with van der Waals surface area (Å²) in [6, 6.07) is 7.31. The zero-order chi connectivity index (χ0) is 13.7. The number of fused-ring (bicyclic) bond motifs is 1. The molecule has 100 valence electrons. The van der Waals surface area contributed by atoms with E-state index in [4.69, 9.17) is 9.15 Å². The summed E-state index contributed by atoms with van der Waals surface area (Å²) in [5, 5.41) is 0. The van der Waals surface area contributed by atoms with Gasteiger partial charge in [0, 0.05) is 13.2 Å². The normalized spacial score (nSPS) is 11.6. The first-order valence-electron chi connectivity index (χ1n) is 5.91. The summed E-state index contributed by atoms with van der Waals surface area (Å²) in [5.41, 5.74) is 6.96. The second-order valence-corrected chi connectivity index (χ2v) is 3.66. The van der Waals surface area contributed by atoms with Crippen LogP contribution in [0.5, 0.6) is 0 Å². The van der Waals surface area contributed by atoms with Crippen molar-refractivity contribution >= 4 is 22.6 Å². The molecule has 2 rings (SSSR count). The third-order valence-corrected chi connectivity index (χ3v) is 2.38. The summed E-state index contributed by atoms with van der Waals surface area (Å²) in [7, 11) is 1.69. The second-order valence-electron chi connectivity index (χ2n) is 3.66. The molecule has 6 nitrogen and oxygen atoms in total. The number of esters is 1. The fourth-order valence-corrected chi connectivity index (χ4v) is 1.55. The van der Waals surface area contributed by atoms with E-state index in [9.17, 15) is 4.79 Å². The molecule has 0 bridgehead atoms. The van der Waals surface area contributed by atoms with Gasteiger partial charge in [0.15, 0.2) is 5.58 Å². The Hall–Kier alpha value is -2.34. The average molecular weight is 261 g/mol. The predicted octanol–water partition coefficient (Wildman–Crippen LogP) is 1.46. The van der Waals surface area contributed by atoms with Crippen LogP contribution in [0.4, 0.5) is 0 Å². The Morgan fingerprint density at radius 3 is 2.95 bits per heavy atom. The first-order chi connectivity index (χ1) is 9.26. The van der Waals surface area contributed by atoms with Crippen molar-refractivity contribution in [1.82, 2.24) is 15.8 Å². The smallest absolute Gasteiger partial charge is 0.345 e. The number of aromatic nitrogens is 1. The van der Waals surface area contributed by atoms with Gasteiger partial charge in [-0.25, -0.2) is 15.2 Å². The predicted molar refractivity (Wildman–Crippen MR) is 70.8 cm³/mol. The maximum Gasteiger partial charge on any atom is 0.345 e. The van der Waals surface area contributed by atoms with Gasteiger partial charge in [-0.3, -0.25) is 0 Å².